The van der Waals surface area contributed by atoms with E-state index in [0.29, 0.717) is 10.9 Å². The van der Waals surface area contributed by atoms with Crippen LogP contribution in [0.25, 0.3) is 0 Å². The molecule has 114 valence electrons. The van der Waals surface area contributed by atoms with Crippen molar-refractivity contribution in [3.8, 4) is 0 Å². The Morgan fingerprint density at radius 3 is 2.36 bits per heavy atom. The third-order valence-electron chi connectivity index (χ3n) is 3.28. The number of benzene rings is 2. The summed E-state index contributed by atoms with van der Waals surface area (Å²) < 4.78 is 0. The lowest BCUT2D eigenvalue weighted by Gasteiger charge is -2.04. The quantitative estimate of drug-likeness (QED) is 0.653. The lowest BCUT2D eigenvalue weighted by Crippen LogP contribution is -2.19. The van der Waals surface area contributed by atoms with Gasteiger partial charge < -0.3 is 0 Å². The Kier molecular flexibility index (Phi) is 5.73. The number of halogens is 1. The lowest BCUT2D eigenvalue weighted by molar-refractivity contribution is -0.120. The molecule has 0 atom stereocenters. The van der Waals surface area contributed by atoms with Crippen LogP contribution in [0.2, 0.25) is 5.02 Å². The number of hydrazone groups is 1. The fraction of sp³-hybridized carbons (Fsp3) is 0.222. The van der Waals surface area contributed by atoms with E-state index in [1.807, 2.05) is 24.3 Å². The van der Waals surface area contributed by atoms with E-state index in [1.54, 1.807) is 18.3 Å². The number of carbonyl (C=O) groups excluding carboxylic acids is 1. The predicted octanol–water partition coefficient (Wildman–Crippen LogP) is 4.16. The molecule has 0 spiro atoms. The van der Waals surface area contributed by atoms with E-state index in [2.05, 4.69) is 36.5 Å². The molecule has 0 aliphatic heterocycles. The van der Waals surface area contributed by atoms with E-state index in [0.717, 1.165) is 11.1 Å². The molecule has 0 saturated heterocycles. The fourth-order valence-electron chi connectivity index (χ4n) is 1.97. The molecule has 22 heavy (non-hydrogen) atoms. The second-order valence-electron chi connectivity index (χ2n) is 5.42. The van der Waals surface area contributed by atoms with E-state index in [1.165, 1.54) is 5.56 Å². The molecule has 0 aromatic heterocycles. The molecule has 0 aliphatic rings. The van der Waals surface area contributed by atoms with Gasteiger partial charge >= 0.3 is 0 Å². The van der Waals surface area contributed by atoms with Crippen molar-refractivity contribution >= 4 is 23.7 Å². The van der Waals surface area contributed by atoms with Crippen LogP contribution in [0.3, 0.4) is 0 Å². The molecule has 4 heteroatoms. The van der Waals surface area contributed by atoms with E-state index in [9.17, 15) is 4.79 Å². The van der Waals surface area contributed by atoms with Gasteiger partial charge in [0, 0.05) is 5.02 Å². The molecule has 0 radical (unpaired) electrons. The van der Waals surface area contributed by atoms with Crippen molar-refractivity contribution < 1.29 is 4.79 Å². The normalized spacial score (nSPS) is 11.1. The van der Waals surface area contributed by atoms with Gasteiger partial charge in [-0.3, -0.25) is 4.79 Å². The summed E-state index contributed by atoms with van der Waals surface area (Å²) in [6.45, 7) is 4.31. The summed E-state index contributed by atoms with van der Waals surface area (Å²) in [6.07, 6.45) is 1.92. The van der Waals surface area contributed by atoms with Gasteiger partial charge in [0.05, 0.1) is 12.6 Å². The largest absolute Gasteiger partial charge is 0.273 e. The maximum Gasteiger partial charge on any atom is 0.244 e. The maximum absolute atomic E-state index is 11.8. The van der Waals surface area contributed by atoms with E-state index < -0.39 is 0 Å². The van der Waals surface area contributed by atoms with Gasteiger partial charge in [-0.2, -0.15) is 5.10 Å². The van der Waals surface area contributed by atoms with Crippen LogP contribution in [-0.2, 0) is 11.2 Å². The van der Waals surface area contributed by atoms with Crippen molar-refractivity contribution in [1.82, 2.24) is 5.43 Å². The first-order valence-corrected chi connectivity index (χ1v) is 7.58. The van der Waals surface area contributed by atoms with Crippen LogP contribution in [0.15, 0.2) is 53.6 Å². The summed E-state index contributed by atoms with van der Waals surface area (Å²) in [5.74, 6) is 0.349. The molecule has 0 heterocycles. The zero-order chi connectivity index (χ0) is 15.9. The average molecular weight is 315 g/mol. The van der Waals surface area contributed by atoms with Crippen LogP contribution in [0.1, 0.15) is 36.5 Å². The van der Waals surface area contributed by atoms with Crippen molar-refractivity contribution in [3.63, 3.8) is 0 Å². The molecule has 1 N–H and O–H groups in total. The lowest BCUT2D eigenvalue weighted by atomic mass is 10.0. The van der Waals surface area contributed by atoms with Gasteiger partial charge in [-0.25, -0.2) is 5.43 Å². The highest BCUT2D eigenvalue weighted by Crippen LogP contribution is 2.13. The van der Waals surface area contributed by atoms with E-state index in [-0.39, 0.29) is 12.3 Å². The smallest absolute Gasteiger partial charge is 0.244 e. The highest BCUT2D eigenvalue weighted by molar-refractivity contribution is 6.30. The predicted molar refractivity (Wildman–Crippen MR) is 91.4 cm³/mol. The van der Waals surface area contributed by atoms with Crippen LogP contribution >= 0.6 is 11.6 Å². The Hall–Kier alpha value is -2.13. The molecule has 0 unspecified atom stereocenters. The molecule has 3 nitrogen and oxygen atoms in total. The number of hydrogen-bond acceptors (Lipinski definition) is 2. The zero-order valence-corrected chi connectivity index (χ0v) is 13.5. The molecular formula is C18H19ClN2O. The van der Waals surface area contributed by atoms with Crippen molar-refractivity contribution in [2.24, 2.45) is 5.10 Å². The highest BCUT2D eigenvalue weighted by Gasteiger charge is 2.02. The van der Waals surface area contributed by atoms with Gasteiger partial charge in [-0.1, -0.05) is 61.8 Å². The maximum atomic E-state index is 11.8. The summed E-state index contributed by atoms with van der Waals surface area (Å²) in [7, 11) is 0. The number of amides is 1. The minimum Gasteiger partial charge on any atom is -0.273 e. The molecule has 2 aromatic rings. The van der Waals surface area contributed by atoms with Gasteiger partial charge in [0.2, 0.25) is 5.91 Å². The van der Waals surface area contributed by atoms with Crippen molar-refractivity contribution in [3.05, 3.63) is 70.2 Å². The van der Waals surface area contributed by atoms with Gasteiger partial charge in [0.1, 0.15) is 0 Å². The number of nitrogens with zero attached hydrogens (tertiary/aromatic N) is 1. The molecule has 0 bridgehead atoms. The van der Waals surface area contributed by atoms with Crippen LogP contribution in [0.4, 0.5) is 0 Å². The Morgan fingerprint density at radius 2 is 1.77 bits per heavy atom. The van der Waals surface area contributed by atoms with Gasteiger partial charge in [-0.15, -0.1) is 0 Å². The fourth-order valence-corrected chi connectivity index (χ4v) is 2.10. The number of hydrogen-bond donors (Lipinski definition) is 1. The minimum absolute atomic E-state index is 0.155. The van der Waals surface area contributed by atoms with Crippen LogP contribution < -0.4 is 5.43 Å². The number of rotatable bonds is 5. The molecule has 2 rings (SSSR count). The first kappa shape index (κ1) is 16.2. The molecule has 2 aromatic carbocycles. The Bertz CT molecular complexity index is 646. The molecule has 1 amide bonds. The number of carbonyl (C=O) groups is 1. The van der Waals surface area contributed by atoms with Crippen LogP contribution in [-0.4, -0.2) is 12.1 Å². The first-order chi connectivity index (χ1) is 10.5. The third kappa shape index (κ3) is 5.01. The second-order valence-corrected chi connectivity index (χ2v) is 5.85. The molecule has 0 saturated carbocycles. The first-order valence-electron chi connectivity index (χ1n) is 7.21. The minimum atomic E-state index is -0.155. The summed E-state index contributed by atoms with van der Waals surface area (Å²) in [5, 5.41) is 4.64. The summed E-state index contributed by atoms with van der Waals surface area (Å²) in [4.78, 5) is 11.8. The average Bonchev–Trinajstić information content (AvgIpc) is 2.50. The van der Waals surface area contributed by atoms with E-state index in [4.69, 9.17) is 11.6 Å². The summed E-state index contributed by atoms with van der Waals surface area (Å²) in [5.41, 5.74) is 5.67. The number of nitrogens with one attached hydrogen (secondary N) is 1. The molecule has 0 aliphatic carbocycles. The third-order valence-corrected chi connectivity index (χ3v) is 3.54. The SMILES string of the molecule is CC(C)c1ccc(C=NNC(=O)Cc2ccc(Cl)cc2)cc1. The van der Waals surface area contributed by atoms with Gasteiger partial charge in [0.25, 0.3) is 0 Å². The van der Waals surface area contributed by atoms with E-state index >= 15 is 0 Å². The van der Waals surface area contributed by atoms with Crippen LogP contribution in [0, 0.1) is 0 Å². The van der Waals surface area contributed by atoms with Crippen molar-refractivity contribution in [2.45, 2.75) is 26.2 Å². The van der Waals surface area contributed by atoms with Gasteiger partial charge in [-0.05, 0) is 34.7 Å². The highest BCUT2D eigenvalue weighted by atomic mass is 35.5. The molecular weight excluding hydrogens is 296 g/mol. The van der Waals surface area contributed by atoms with Crippen LogP contribution in [0.5, 0.6) is 0 Å². The standard InChI is InChI=1S/C18H19ClN2O/c1-13(2)16-7-3-15(4-8-16)12-20-21-18(22)11-14-5-9-17(19)10-6-14/h3-10,12-13H,11H2,1-2H3,(H,21,22). The summed E-state index contributed by atoms with van der Waals surface area (Å²) >= 11 is 5.81. The Labute approximate surface area is 136 Å². The summed E-state index contributed by atoms with van der Waals surface area (Å²) in [6, 6.07) is 15.3. The Balaban J connectivity index is 1.86. The monoisotopic (exact) mass is 314 g/mol. The van der Waals surface area contributed by atoms with Gasteiger partial charge in [0.15, 0.2) is 0 Å². The second kappa shape index (κ2) is 7.76. The van der Waals surface area contributed by atoms with Crippen molar-refractivity contribution in [2.75, 3.05) is 0 Å². The Morgan fingerprint density at radius 1 is 1.14 bits per heavy atom. The zero-order valence-electron chi connectivity index (χ0n) is 12.7. The topological polar surface area (TPSA) is 41.5 Å². The molecule has 0 fully saturated rings. The van der Waals surface area contributed by atoms with Crippen molar-refractivity contribution in [1.29, 1.82) is 0 Å².